The van der Waals surface area contributed by atoms with E-state index in [2.05, 4.69) is 51.1 Å². The molecule has 10 nitrogen and oxygen atoms in total. The third-order valence-electron chi connectivity index (χ3n) is 7.37. The van der Waals surface area contributed by atoms with Gasteiger partial charge in [-0.3, -0.25) is 9.63 Å². The summed E-state index contributed by atoms with van der Waals surface area (Å²) in [5, 5.41) is 7.98. The van der Waals surface area contributed by atoms with Gasteiger partial charge in [0.25, 0.3) is 0 Å². The van der Waals surface area contributed by atoms with Gasteiger partial charge in [0, 0.05) is 37.7 Å². The van der Waals surface area contributed by atoms with Crippen LogP contribution >= 0.6 is 11.6 Å². The van der Waals surface area contributed by atoms with Crippen LogP contribution in [0, 0.1) is 5.82 Å². The van der Waals surface area contributed by atoms with Crippen LogP contribution in [0.1, 0.15) is 24.4 Å². The van der Waals surface area contributed by atoms with Crippen molar-refractivity contribution in [3.8, 4) is 5.75 Å². The number of benzene rings is 2. The molecule has 2 unspecified atom stereocenters. The van der Waals surface area contributed by atoms with Gasteiger partial charge in [0.2, 0.25) is 5.91 Å². The van der Waals surface area contributed by atoms with Gasteiger partial charge in [-0.1, -0.05) is 24.2 Å². The van der Waals surface area contributed by atoms with Crippen LogP contribution in [0.4, 0.5) is 33.1 Å². The summed E-state index contributed by atoms with van der Waals surface area (Å²) < 4.78 is 19.5. The van der Waals surface area contributed by atoms with Crippen LogP contribution in [0.3, 0.4) is 0 Å². The Bertz CT molecular complexity index is 1440. The van der Waals surface area contributed by atoms with Crippen LogP contribution in [0.2, 0.25) is 5.02 Å². The van der Waals surface area contributed by atoms with Crippen LogP contribution in [0.25, 0.3) is 0 Å². The van der Waals surface area contributed by atoms with Gasteiger partial charge in [0.1, 0.15) is 23.7 Å². The first-order valence-electron chi connectivity index (χ1n) is 13.3. The molecule has 12 heteroatoms. The van der Waals surface area contributed by atoms with Crippen molar-refractivity contribution in [3.05, 3.63) is 71.8 Å². The number of carbonyl (C=O) groups excluding carboxylic acids is 1. The van der Waals surface area contributed by atoms with E-state index in [1.54, 1.807) is 30.4 Å². The largest absolute Gasteiger partial charge is 0.494 e. The number of hydroxylamine groups is 1. The molecule has 1 amide bonds. The van der Waals surface area contributed by atoms with E-state index in [-0.39, 0.29) is 17.0 Å². The number of hydrogen-bond donors (Lipinski definition) is 2. The van der Waals surface area contributed by atoms with Crippen molar-refractivity contribution in [1.82, 2.24) is 14.9 Å². The summed E-state index contributed by atoms with van der Waals surface area (Å²) in [6.07, 6.45) is 4.37. The Morgan fingerprint density at radius 2 is 2.05 bits per heavy atom. The quantitative estimate of drug-likeness (QED) is 0.332. The van der Waals surface area contributed by atoms with E-state index in [9.17, 15) is 9.18 Å². The minimum absolute atomic E-state index is 0.0560. The van der Waals surface area contributed by atoms with Crippen molar-refractivity contribution in [2.75, 3.05) is 61.5 Å². The zero-order valence-electron chi connectivity index (χ0n) is 23.2. The number of nitrogens with zero attached hydrogens (tertiary/aromatic N) is 5. The fourth-order valence-corrected chi connectivity index (χ4v) is 5.34. The number of ether oxygens (including phenoxy) is 1. The minimum atomic E-state index is -0.472. The van der Waals surface area contributed by atoms with Gasteiger partial charge < -0.3 is 25.2 Å². The second-order valence-corrected chi connectivity index (χ2v) is 10.5. The van der Waals surface area contributed by atoms with Crippen molar-refractivity contribution in [2.45, 2.75) is 24.9 Å². The van der Waals surface area contributed by atoms with E-state index in [4.69, 9.17) is 21.2 Å². The highest BCUT2D eigenvalue weighted by atomic mass is 35.5. The summed E-state index contributed by atoms with van der Waals surface area (Å²) >= 11 is 6.04. The highest BCUT2D eigenvalue weighted by Crippen LogP contribution is 2.41. The molecule has 2 aliphatic rings. The molecule has 3 heterocycles. The highest BCUT2D eigenvalue weighted by molar-refractivity contribution is 6.30. The van der Waals surface area contributed by atoms with Crippen LogP contribution in [-0.2, 0) is 9.63 Å². The van der Waals surface area contributed by atoms with E-state index in [0.29, 0.717) is 47.8 Å². The number of halogens is 2. The Kier molecular flexibility index (Phi) is 8.57. The van der Waals surface area contributed by atoms with E-state index >= 15 is 0 Å². The molecule has 5 rings (SSSR count). The molecule has 216 valence electrons. The summed E-state index contributed by atoms with van der Waals surface area (Å²) in [6, 6.07) is 10.4. The number of carbonyl (C=O) groups is 1. The SMILES string of the molecule is C=CC(=O)Nc1cc(Nc2cc(N3OCCC3c3ccc(F)c(Cl)c3)ncn2)c(OC)cc1N1CCC(N(C)C)C1. The Balaban J connectivity index is 1.44. The monoisotopic (exact) mass is 581 g/mol. The lowest BCUT2D eigenvalue weighted by molar-refractivity contribution is -0.111. The van der Waals surface area contributed by atoms with Gasteiger partial charge >= 0.3 is 0 Å². The first-order chi connectivity index (χ1) is 19.8. The smallest absolute Gasteiger partial charge is 0.247 e. The van der Waals surface area contributed by atoms with Crippen LogP contribution in [-0.4, -0.2) is 67.7 Å². The molecular formula is C29H33ClFN7O3. The first-order valence-corrected chi connectivity index (χ1v) is 13.7. The fraction of sp³-hybridized carbons (Fsp3) is 0.345. The summed E-state index contributed by atoms with van der Waals surface area (Å²) in [5.74, 6) is 0.810. The number of methoxy groups -OCH3 is 1. The number of anilines is 5. The molecule has 2 aromatic carbocycles. The topological polar surface area (TPSA) is 95.1 Å². The second-order valence-electron chi connectivity index (χ2n) is 10.1. The number of likely N-dealkylation sites (N-methyl/N-ethyl adjacent to an activating group) is 1. The Labute approximate surface area is 243 Å². The zero-order valence-corrected chi connectivity index (χ0v) is 24.0. The van der Waals surface area contributed by atoms with E-state index < -0.39 is 5.82 Å². The predicted molar refractivity (Wildman–Crippen MR) is 159 cm³/mol. The molecular weight excluding hydrogens is 549 g/mol. The molecule has 0 bridgehead atoms. The average molecular weight is 582 g/mol. The van der Waals surface area contributed by atoms with E-state index in [1.165, 1.54) is 18.5 Å². The molecule has 2 saturated heterocycles. The van der Waals surface area contributed by atoms with Crippen LogP contribution in [0.5, 0.6) is 5.75 Å². The maximum atomic E-state index is 13.8. The van der Waals surface area contributed by atoms with E-state index in [0.717, 1.165) is 30.8 Å². The summed E-state index contributed by atoms with van der Waals surface area (Å²) in [7, 11) is 5.74. The lowest BCUT2D eigenvalue weighted by Gasteiger charge is -2.26. The fourth-order valence-electron chi connectivity index (χ4n) is 5.15. The number of amides is 1. The Morgan fingerprint density at radius 3 is 2.76 bits per heavy atom. The first kappa shape index (κ1) is 28.6. The molecule has 0 radical (unpaired) electrons. The average Bonchev–Trinajstić information content (AvgIpc) is 3.66. The molecule has 1 aromatic heterocycles. The molecule has 0 spiro atoms. The van der Waals surface area contributed by atoms with Gasteiger partial charge in [-0.2, -0.15) is 0 Å². The van der Waals surface area contributed by atoms with Gasteiger partial charge in [0.05, 0.1) is 41.8 Å². The predicted octanol–water partition coefficient (Wildman–Crippen LogP) is 5.17. The Hall–Kier alpha value is -3.93. The van der Waals surface area contributed by atoms with E-state index in [1.807, 2.05) is 12.1 Å². The maximum absolute atomic E-state index is 13.8. The third-order valence-corrected chi connectivity index (χ3v) is 7.66. The van der Waals surface area contributed by atoms with Crippen LogP contribution < -0.4 is 25.3 Å². The standard InChI is InChI=1S/C29H33ClFN7O3/c1-5-29(39)35-22-13-23(26(40-4)14-25(22)37-10-8-19(16-37)36(2)3)34-27-15-28(33-17-32-27)38-24(9-11-41-38)18-6-7-21(31)20(30)12-18/h5-7,12-15,17,19,24H,1,8-11,16H2,2-4H3,(H,35,39)(H,32,33,34). The normalized spacial score (nSPS) is 18.6. The minimum Gasteiger partial charge on any atom is -0.494 e. The van der Waals surface area contributed by atoms with Gasteiger partial charge in [-0.25, -0.2) is 19.4 Å². The number of rotatable bonds is 9. The number of aromatic nitrogens is 2. The number of nitrogens with one attached hydrogen (secondary N) is 2. The third kappa shape index (κ3) is 6.22. The molecule has 2 fully saturated rings. The molecule has 3 aromatic rings. The number of hydrogen-bond acceptors (Lipinski definition) is 9. The molecule has 2 N–H and O–H groups in total. The second kappa shape index (κ2) is 12.3. The van der Waals surface area contributed by atoms with Crippen LogP contribution in [0.15, 0.2) is 55.4 Å². The highest BCUT2D eigenvalue weighted by Gasteiger charge is 2.30. The van der Waals surface area contributed by atoms with Crippen molar-refractivity contribution in [3.63, 3.8) is 0 Å². The Morgan fingerprint density at radius 1 is 1.22 bits per heavy atom. The molecule has 2 atom stereocenters. The van der Waals surface area contributed by atoms with Crippen molar-refractivity contribution in [2.24, 2.45) is 0 Å². The molecule has 0 saturated carbocycles. The zero-order chi connectivity index (χ0) is 29.1. The molecule has 41 heavy (non-hydrogen) atoms. The summed E-state index contributed by atoms with van der Waals surface area (Å²) in [4.78, 5) is 31.5. The maximum Gasteiger partial charge on any atom is 0.247 e. The van der Waals surface area contributed by atoms with Gasteiger partial charge in [0.15, 0.2) is 5.82 Å². The van der Waals surface area contributed by atoms with Crippen molar-refractivity contribution >= 4 is 46.2 Å². The lowest BCUT2D eigenvalue weighted by Crippen LogP contribution is -2.31. The summed E-state index contributed by atoms with van der Waals surface area (Å²) in [5.41, 5.74) is 2.91. The summed E-state index contributed by atoms with van der Waals surface area (Å²) in [6.45, 7) is 5.74. The van der Waals surface area contributed by atoms with Crippen molar-refractivity contribution in [1.29, 1.82) is 0 Å². The lowest BCUT2D eigenvalue weighted by atomic mass is 10.0. The molecule has 2 aliphatic heterocycles. The van der Waals surface area contributed by atoms with Gasteiger partial charge in [-0.15, -0.1) is 0 Å². The van der Waals surface area contributed by atoms with Crippen molar-refractivity contribution < 1.29 is 18.8 Å². The van der Waals surface area contributed by atoms with Gasteiger partial charge in [-0.05, 0) is 50.4 Å². The molecule has 0 aliphatic carbocycles.